The fraction of sp³-hybridized carbons (Fsp3) is 0. The van der Waals surface area contributed by atoms with E-state index < -0.39 is 5.97 Å². The topological polar surface area (TPSA) is 107 Å². The van der Waals surface area contributed by atoms with Crippen molar-refractivity contribution in [3.8, 4) is 23.5 Å². The molecule has 0 radical (unpaired) electrons. The molecule has 0 bridgehead atoms. The molecule has 23 heavy (non-hydrogen) atoms. The molecule has 114 valence electrons. The third-order valence-electron chi connectivity index (χ3n) is 2.69. The molecule has 2 heterocycles. The van der Waals surface area contributed by atoms with Gasteiger partial charge in [-0.15, -0.1) is 0 Å². The number of ether oxygens (including phenoxy) is 2. The van der Waals surface area contributed by atoms with Crippen LogP contribution in [0, 0.1) is 0 Å². The van der Waals surface area contributed by atoms with Crippen LogP contribution in [0.1, 0.15) is 10.4 Å². The number of benzene rings is 1. The van der Waals surface area contributed by atoms with Gasteiger partial charge < -0.3 is 14.6 Å². The minimum atomic E-state index is -1.22. The van der Waals surface area contributed by atoms with Gasteiger partial charge in [0.2, 0.25) is 0 Å². The summed E-state index contributed by atoms with van der Waals surface area (Å²) in [7, 11) is 0. The average Bonchev–Trinajstić information content (AvgIpc) is 2.56. The van der Waals surface area contributed by atoms with E-state index in [-0.39, 0.29) is 29.1 Å². The highest BCUT2D eigenvalue weighted by Crippen LogP contribution is 2.32. The smallest absolute Gasteiger partial charge is 0.343 e. The fourth-order valence-electron chi connectivity index (χ4n) is 1.76. The number of nitrogens with zero attached hydrogens (tertiary/aromatic N) is 4. The molecule has 0 saturated carbocycles. The monoisotopic (exact) mass is 310 g/mol. The SMILES string of the molecule is O=C(O)c1c(Oc2ncccn2)cccc1Oc1ncccn1. The average molecular weight is 310 g/mol. The van der Waals surface area contributed by atoms with Crippen LogP contribution in [0.3, 0.4) is 0 Å². The van der Waals surface area contributed by atoms with Gasteiger partial charge in [0.05, 0.1) is 0 Å². The van der Waals surface area contributed by atoms with Crippen molar-refractivity contribution in [3.05, 3.63) is 60.7 Å². The number of carboxylic acids is 1. The van der Waals surface area contributed by atoms with Crippen LogP contribution in [0.5, 0.6) is 23.5 Å². The van der Waals surface area contributed by atoms with E-state index in [9.17, 15) is 9.90 Å². The third-order valence-corrected chi connectivity index (χ3v) is 2.69. The summed E-state index contributed by atoms with van der Waals surface area (Å²) in [5.41, 5.74) is -0.174. The molecule has 0 aliphatic heterocycles. The van der Waals surface area contributed by atoms with Gasteiger partial charge in [0.25, 0.3) is 0 Å². The fourth-order valence-corrected chi connectivity index (χ4v) is 1.76. The summed E-state index contributed by atoms with van der Waals surface area (Å²) in [6.45, 7) is 0. The Morgan fingerprint density at radius 3 is 1.61 bits per heavy atom. The Kier molecular flexibility index (Phi) is 4.05. The Balaban J connectivity index is 1.97. The van der Waals surface area contributed by atoms with Gasteiger partial charge in [-0.3, -0.25) is 0 Å². The van der Waals surface area contributed by atoms with Crippen molar-refractivity contribution in [1.29, 1.82) is 0 Å². The summed E-state index contributed by atoms with van der Waals surface area (Å²) in [5, 5.41) is 9.46. The normalized spacial score (nSPS) is 10.1. The lowest BCUT2D eigenvalue weighted by Crippen LogP contribution is -2.04. The zero-order chi connectivity index (χ0) is 16.1. The predicted octanol–water partition coefficient (Wildman–Crippen LogP) is 2.55. The van der Waals surface area contributed by atoms with Crippen molar-refractivity contribution < 1.29 is 19.4 Å². The number of aromatic nitrogens is 4. The highest BCUT2D eigenvalue weighted by molar-refractivity contribution is 5.94. The minimum Gasteiger partial charge on any atom is -0.477 e. The van der Waals surface area contributed by atoms with Gasteiger partial charge in [-0.25, -0.2) is 24.7 Å². The van der Waals surface area contributed by atoms with Crippen LogP contribution in [-0.2, 0) is 0 Å². The van der Waals surface area contributed by atoms with Crippen molar-refractivity contribution in [2.45, 2.75) is 0 Å². The number of aromatic carboxylic acids is 1. The quantitative estimate of drug-likeness (QED) is 0.766. The molecule has 3 aromatic rings. The first-order valence-electron chi connectivity index (χ1n) is 6.50. The van der Waals surface area contributed by atoms with E-state index in [4.69, 9.17) is 9.47 Å². The number of hydrogen-bond acceptors (Lipinski definition) is 7. The van der Waals surface area contributed by atoms with Gasteiger partial charge in [0.15, 0.2) is 0 Å². The van der Waals surface area contributed by atoms with E-state index in [1.54, 1.807) is 18.2 Å². The summed E-state index contributed by atoms with van der Waals surface area (Å²) in [5.74, 6) is -1.11. The highest BCUT2D eigenvalue weighted by atomic mass is 16.5. The summed E-state index contributed by atoms with van der Waals surface area (Å²) in [6.07, 6.45) is 5.95. The number of carbonyl (C=O) groups is 1. The summed E-state index contributed by atoms with van der Waals surface area (Å²) in [6, 6.07) is 7.86. The largest absolute Gasteiger partial charge is 0.477 e. The van der Waals surface area contributed by atoms with Gasteiger partial charge in [-0.1, -0.05) is 6.07 Å². The molecular weight excluding hydrogens is 300 g/mol. The number of carboxylic acid groups (broad SMARTS) is 1. The number of hydrogen-bond donors (Lipinski definition) is 1. The first-order chi connectivity index (χ1) is 11.2. The molecule has 0 spiro atoms. The first-order valence-corrected chi connectivity index (χ1v) is 6.50. The van der Waals surface area contributed by atoms with Crippen LogP contribution in [0.15, 0.2) is 55.1 Å². The maximum atomic E-state index is 11.6. The van der Waals surface area contributed by atoms with Gasteiger partial charge in [0, 0.05) is 24.8 Å². The minimum absolute atomic E-state index is 0.0307. The zero-order valence-corrected chi connectivity index (χ0v) is 11.7. The molecule has 0 saturated heterocycles. The van der Waals surface area contributed by atoms with E-state index in [1.165, 1.54) is 36.9 Å². The van der Waals surface area contributed by atoms with Crippen molar-refractivity contribution in [2.24, 2.45) is 0 Å². The molecule has 0 unspecified atom stereocenters. The van der Waals surface area contributed by atoms with E-state index in [0.29, 0.717) is 0 Å². The summed E-state index contributed by atoms with van der Waals surface area (Å²) < 4.78 is 10.9. The van der Waals surface area contributed by atoms with Gasteiger partial charge >= 0.3 is 18.0 Å². The molecular formula is C15H10N4O4. The maximum absolute atomic E-state index is 11.6. The Labute approximate surface area is 130 Å². The lowest BCUT2D eigenvalue weighted by atomic mass is 10.2. The second-order valence-electron chi connectivity index (χ2n) is 4.20. The van der Waals surface area contributed by atoms with Gasteiger partial charge in [-0.05, 0) is 24.3 Å². The van der Waals surface area contributed by atoms with Crippen LogP contribution in [0.25, 0.3) is 0 Å². The van der Waals surface area contributed by atoms with E-state index in [1.807, 2.05) is 0 Å². The molecule has 0 fully saturated rings. The molecule has 8 nitrogen and oxygen atoms in total. The lowest BCUT2D eigenvalue weighted by molar-refractivity contribution is 0.0691. The molecule has 1 aromatic carbocycles. The van der Waals surface area contributed by atoms with Crippen molar-refractivity contribution in [3.63, 3.8) is 0 Å². The second-order valence-corrected chi connectivity index (χ2v) is 4.20. The molecule has 0 aliphatic carbocycles. The molecule has 3 rings (SSSR count). The van der Waals surface area contributed by atoms with Crippen molar-refractivity contribution in [1.82, 2.24) is 19.9 Å². The van der Waals surface area contributed by atoms with Crippen molar-refractivity contribution >= 4 is 5.97 Å². The molecule has 0 atom stereocenters. The molecule has 0 aliphatic rings. The first kappa shape index (κ1) is 14.4. The zero-order valence-electron chi connectivity index (χ0n) is 11.7. The maximum Gasteiger partial charge on any atom is 0.343 e. The Bertz CT molecular complexity index is 752. The van der Waals surface area contributed by atoms with Crippen molar-refractivity contribution in [2.75, 3.05) is 0 Å². The van der Waals surface area contributed by atoms with Crippen LogP contribution in [0.4, 0.5) is 0 Å². The standard InChI is InChI=1S/C15H10N4O4/c20-13(21)12-10(22-14-16-6-2-7-17-14)4-1-5-11(12)23-15-18-8-3-9-19-15/h1-9H,(H,20,21). The van der Waals surface area contributed by atoms with E-state index in [2.05, 4.69) is 19.9 Å². The van der Waals surface area contributed by atoms with Crippen LogP contribution in [0.2, 0.25) is 0 Å². The van der Waals surface area contributed by atoms with Gasteiger partial charge in [0.1, 0.15) is 17.1 Å². The molecule has 0 amide bonds. The third kappa shape index (κ3) is 3.38. The second kappa shape index (κ2) is 6.48. The predicted molar refractivity (Wildman–Crippen MR) is 77.6 cm³/mol. The van der Waals surface area contributed by atoms with Crippen LogP contribution >= 0.6 is 0 Å². The lowest BCUT2D eigenvalue weighted by Gasteiger charge is -2.11. The van der Waals surface area contributed by atoms with Crippen LogP contribution in [-0.4, -0.2) is 31.0 Å². The molecule has 1 N–H and O–H groups in total. The Morgan fingerprint density at radius 1 is 0.783 bits per heavy atom. The molecule has 2 aromatic heterocycles. The Hall–Kier alpha value is -3.55. The Morgan fingerprint density at radius 2 is 1.22 bits per heavy atom. The summed E-state index contributed by atoms with van der Waals surface area (Å²) in [4.78, 5) is 27.2. The summed E-state index contributed by atoms with van der Waals surface area (Å²) >= 11 is 0. The highest BCUT2D eigenvalue weighted by Gasteiger charge is 2.20. The molecule has 8 heteroatoms. The van der Waals surface area contributed by atoms with E-state index >= 15 is 0 Å². The van der Waals surface area contributed by atoms with E-state index in [0.717, 1.165) is 0 Å². The van der Waals surface area contributed by atoms with Gasteiger partial charge in [-0.2, -0.15) is 0 Å². The van der Waals surface area contributed by atoms with Crippen LogP contribution < -0.4 is 9.47 Å². The number of rotatable bonds is 5.